The van der Waals surface area contributed by atoms with Crippen LogP contribution in [0, 0.1) is 18.6 Å². The van der Waals surface area contributed by atoms with E-state index in [0.29, 0.717) is 23.5 Å². The third kappa shape index (κ3) is 7.08. The van der Waals surface area contributed by atoms with Gasteiger partial charge in [0.15, 0.2) is 4.77 Å². The molecule has 10 nitrogen and oxygen atoms in total. The number of carbonyl (C=O) groups excluding carboxylic acids is 1. The summed E-state index contributed by atoms with van der Waals surface area (Å²) < 4.78 is 7.59. The summed E-state index contributed by atoms with van der Waals surface area (Å²) in [7, 11) is 0. The largest absolute Gasteiger partial charge is 1.00 e. The normalized spacial score (nSPS) is 15.5. The Morgan fingerprint density at radius 2 is 2.17 bits per heavy atom. The Bertz CT molecular complexity index is 1220. The number of anilines is 2. The first kappa shape index (κ1) is 27.7. The van der Waals surface area contributed by atoms with E-state index in [1.807, 2.05) is 50.2 Å². The molecule has 4 rings (SSSR count). The van der Waals surface area contributed by atoms with E-state index in [1.165, 1.54) is 0 Å². The molecule has 1 aliphatic rings. The Labute approximate surface area is 234 Å². The Balaban J connectivity index is 0.00000342. The fourth-order valence-corrected chi connectivity index (χ4v) is 4.72. The smallest absolute Gasteiger partial charge is 0.550 e. The molecule has 0 saturated carbocycles. The number of benzene rings is 2. The predicted octanol–water partition coefficient (Wildman–Crippen LogP) is -0.549. The number of rotatable bonds is 9. The van der Waals surface area contributed by atoms with Crippen LogP contribution in [0.4, 0.5) is 11.4 Å². The molecule has 1 aromatic heterocycles. The fourth-order valence-electron chi connectivity index (χ4n) is 4.03. The number of piperazine rings is 1. The van der Waals surface area contributed by atoms with Crippen molar-refractivity contribution in [3.63, 3.8) is 0 Å². The summed E-state index contributed by atoms with van der Waals surface area (Å²) >= 11 is 6.31. The average Bonchev–Trinajstić information content (AvgIpc) is 3.24. The van der Waals surface area contributed by atoms with Gasteiger partial charge in [0.2, 0.25) is 0 Å². The molecular formula is C22H25N6NaO4S2. The van der Waals surface area contributed by atoms with E-state index in [4.69, 9.17) is 21.5 Å². The van der Waals surface area contributed by atoms with E-state index in [1.54, 1.807) is 10.9 Å². The zero-order valence-electron chi connectivity index (χ0n) is 19.7. The second-order valence-corrected chi connectivity index (χ2v) is 9.08. The monoisotopic (exact) mass is 524 g/mol. The van der Waals surface area contributed by atoms with Crippen LogP contribution in [0.15, 0.2) is 47.6 Å². The maximum atomic E-state index is 11.0. The molecule has 0 amide bonds. The summed E-state index contributed by atoms with van der Waals surface area (Å²) in [5.41, 5.74) is 7.51. The van der Waals surface area contributed by atoms with Crippen molar-refractivity contribution in [3.8, 4) is 5.69 Å². The summed E-state index contributed by atoms with van der Waals surface area (Å²) in [5, 5.41) is 20.9. The third-order valence-electron chi connectivity index (χ3n) is 5.56. The van der Waals surface area contributed by atoms with Crippen LogP contribution >= 0.6 is 24.3 Å². The molecule has 0 bridgehead atoms. The minimum absolute atomic E-state index is 0. The SMILES string of the molecule is Cc1ccc(SOONc2cccc(-n3cn[nH]c3=S)c2)c(C)c1N1CCNC(CC(=O)[O-])C1.[Na+]. The summed E-state index contributed by atoms with van der Waals surface area (Å²) in [6, 6.07) is 11.3. The molecule has 2 heterocycles. The molecule has 0 spiro atoms. The second kappa shape index (κ2) is 12.9. The number of nitrogens with one attached hydrogen (secondary N) is 3. The molecule has 1 aliphatic heterocycles. The van der Waals surface area contributed by atoms with Crippen LogP contribution in [0.1, 0.15) is 17.5 Å². The van der Waals surface area contributed by atoms with Gasteiger partial charge in [0.05, 0.1) is 23.4 Å². The quantitative estimate of drug-likeness (QED) is 0.0840. The van der Waals surface area contributed by atoms with Gasteiger partial charge in [-0.2, -0.15) is 5.10 Å². The van der Waals surface area contributed by atoms with Crippen molar-refractivity contribution in [1.29, 1.82) is 0 Å². The number of hydrogen-bond donors (Lipinski definition) is 3. The number of aromatic nitrogens is 3. The van der Waals surface area contributed by atoms with E-state index in [2.05, 4.69) is 25.9 Å². The number of carbonyl (C=O) groups is 1. The van der Waals surface area contributed by atoms with E-state index >= 15 is 0 Å². The fraction of sp³-hybridized carbons (Fsp3) is 0.318. The third-order valence-corrected chi connectivity index (χ3v) is 6.61. The molecule has 2 aromatic carbocycles. The Hall–Kier alpha value is -1.90. The summed E-state index contributed by atoms with van der Waals surface area (Å²) in [6.45, 7) is 6.16. The number of aromatic amines is 1. The van der Waals surface area contributed by atoms with Crippen LogP contribution in [0.3, 0.4) is 0 Å². The molecule has 1 atom stereocenters. The van der Waals surface area contributed by atoms with Gasteiger partial charge in [0, 0.05) is 48.6 Å². The molecule has 1 fully saturated rings. The van der Waals surface area contributed by atoms with Crippen LogP contribution in [0.2, 0.25) is 0 Å². The van der Waals surface area contributed by atoms with Gasteiger partial charge < -0.3 is 20.1 Å². The minimum atomic E-state index is -1.05. The molecule has 3 N–H and O–H groups in total. The van der Waals surface area contributed by atoms with Gasteiger partial charge in [-0.3, -0.25) is 9.67 Å². The zero-order chi connectivity index (χ0) is 24.1. The standard InChI is InChI=1S/C22H26N6O4S2.Na/c1-14-6-7-19(15(2)21(14)27-9-8-23-17(12-27)11-20(29)30)34-32-31-26-16-4-3-5-18(10-16)28-13-24-25-22(28)33;/h3-7,10,13,17,23,26H,8-9,11-12H2,1-2H3,(H,25,33)(H,29,30);/q;+1/p-1. The molecule has 0 radical (unpaired) electrons. The summed E-state index contributed by atoms with van der Waals surface area (Å²) in [6.07, 6.45) is 1.59. The van der Waals surface area contributed by atoms with Gasteiger partial charge in [0.1, 0.15) is 6.33 Å². The van der Waals surface area contributed by atoms with Crippen molar-refractivity contribution >= 4 is 41.6 Å². The minimum Gasteiger partial charge on any atom is -0.550 e. The van der Waals surface area contributed by atoms with Crippen LogP contribution in [-0.2, 0) is 14.1 Å². The number of aliphatic carboxylic acids is 1. The molecule has 13 heteroatoms. The van der Waals surface area contributed by atoms with Crippen LogP contribution < -0.4 is 50.4 Å². The number of nitrogens with zero attached hydrogens (tertiary/aromatic N) is 3. The molecule has 0 aliphatic carbocycles. The van der Waals surface area contributed by atoms with Crippen LogP contribution in [-0.4, -0.2) is 46.4 Å². The average molecular weight is 525 g/mol. The second-order valence-electron chi connectivity index (χ2n) is 7.95. The topological polar surface area (TPSA) is 120 Å². The van der Waals surface area contributed by atoms with E-state index in [9.17, 15) is 9.90 Å². The molecule has 1 saturated heterocycles. The molecule has 35 heavy (non-hydrogen) atoms. The van der Waals surface area contributed by atoms with Crippen molar-refractivity contribution in [1.82, 2.24) is 20.1 Å². The number of aryl methyl sites for hydroxylation is 1. The van der Waals surface area contributed by atoms with Gasteiger partial charge in [-0.15, -0.1) is 9.32 Å². The van der Waals surface area contributed by atoms with Crippen molar-refractivity contribution in [2.45, 2.75) is 31.2 Å². The van der Waals surface area contributed by atoms with Crippen molar-refractivity contribution in [2.75, 3.05) is 30.0 Å². The first-order valence-electron chi connectivity index (χ1n) is 10.7. The van der Waals surface area contributed by atoms with Crippen LogP contribution in [0.5, 0.6) is 0 Å². The number of hydrogen-bond acceptors (Lipinski definition) is 10. The van der Waals surface area contributed by atoms with Crippen molar-refractivity contribution < 1.29 is 48.8 Å². The first-order valence-corrected chi connectivity index (χ1v) is 11.8. The van der Waals surface area contributed by atoms with E-state index in [0.717, 1.165) is 46.0 Å². The Morgan fingerprint density at radius 3 is 2.91 bits per heavy atom. The van der Waals surface area contributed by atoms with Gasteiger partial charge >= 0.3 is 29.6 Å². The van der Waals surface area contributed by atoms with Crippen LogP contribution in [0.25, 0.3) is 5.69 Å². The molecule has 1 unspecified atom stereocenters. The number of carboxylic acid groups (broad SMARTS) is 1. The zero-order valence-corrected chi connectivity index (χ0v) is 23.4. The summed E-state index contributed by atoms with van der Waals surface area (Å²) in [4.78, 5) is 19.3. The number of H-pyrrole nitrogens is 1. The van der Waals surface area contributed by atoms with Gasteiger partial charge in [-0.05, 0) is 61.5 Å². The van der Waals surface area contributed by atoms with Gasteiger partial charge in [0.25, 0.3) is 0 Å². The Morgan fingerprint density at radius 1 is 1.34 bits per heavy atom. The van der Waals surface area contributed by atoms with Gasteiger partial charge in [-0.1, -0.05) is 12.1 Å². The predicted molar refractivity (Wildman–Crippen MR) is 130 cm³/mol. The van der Waals surface area contributed by atoms with E-state index < -0.39 is 5.97 Å². The maximum absolute atomic E-state index is 11.0. The first-order chi connectivity index (χ1) is 16.4. The summed E-state index contributed by atoms with van der Waals surface area (Å²) in [5.74, 6) is -1.05. The molecule has 3 aromatic rings. The van der Waals surface area contributed by atoms with Crippen molar-refractivity contribution in [2.24, 2.45) is 0 Å². The molecule has 180 valence electrons. The van der Waals surface area contributed by atoms with Gasteiger partial charge in [-0.25, -0.2) is 5.48 Å². The Kier molecular flexibility index (Phi) is 10.2. The maximum Gasteiger partial charge on any atom is 1.00 e. The van der Waals surface area contributed by atoms with E-state index in [-0.39, 0.29) is 42.0 Å². The molecular weight excluding hydrogens is 499 g/mol. The van der Waals surface area contributed by atoms with Crippen molar-refractivity contribution in [3.05, 3.63) is 58.6 Å². The number of carboxylic acids is 1.